The number of carbonyl (C=O) groups is 1. The number of rotatable bonds is 5. The number of aryl methyl sites for hydroxylation is 3. The van der Waals surface area contributed by atoms with Crippen molar-refractivity contribution >= 4 is 18.6 Å². The van der Waals surface area contributed by atoms with Crippen molar-refractivity contribution in [1.82, 2.24) is 0 Å². The molecule has 3 nitrogen and oxygen atoms in total. The smallest absolute Gasteiger partial charge is 0.223 e. The Morgan fingerprint density at radius 3 is 2.27 bits per heavy atom. The molecule has 4 heteroatoms. The van der Waals surface area contributed by atoms with E-state index in [1.807, 2.05) is 45.9 Å². The molecule has 0 amide bonds. The predicted octanol–water partition coefficient (Wildman–Crippen LogP) is 4.04. The predicted molar refractivity (Wildman–Crippen MR) is 91.2 cm³/mol. The highest BCUT2D eigenvalue weighted by Gasteiger charge is 2.22. The summed E-state index contributed by atoms with van der Waals surface area (Å²) in [5, 5.41) is 0.499. The molecular formula is C18H21O3P. The SMILES string of the molecule is CCOc1ccccc1[PH](=O)C(=O)c1c(C)cc(C)cc1C. The normalized spacial score (nSPS) is 12.0. The molecule has 0 N–H and O–H groups in total. The Labute approximate surface area is 132 Å². The summed E-state index contributed by atoms with van der Waals surface area (Å²) in [6.07, 6.45) is 0. The van der Waals surface area contributed by atoms with Gasteiger partial charge in [0, 0.05) is 5.56 Å². The van der Waals surface area contributed by atoms with Crippen LogP contribution in [0, 0.1) is 20.8 Å². The highest BCUT2D eigenvalue weighted by Crippen LogP contribution is 2.33. The zero-order valence-corrected chi connectivity index (χ0v) is 14.4. The first-order chi connectivity index (χ1) is 10.5. The lowest BCUT2D eigenvalue weighted by Crippen LogP contribution is -2.11. The molecular weight excluding hydrogens is 295 g/mol. The van der Waals surface area contributed by atoms with Crippen LogP contribution in [0.25, 0.3) is 0 Å². The standard InChI is InChI=1S/C18H21O3P/c1-5-21-15-8-6-7-9-16(15)22(20)18(19)17-13(3)10-12(2)11-14(17)4/h6-11,22H,5H2,1-4H3. The fourth-order valence-electron chi connectivity index (χ4n) is 2.71. The molecule has 1 atom stereocenters. The monoisotopic (exact) mass is 316 g/mol. The molecule has 0 spiro atoms. The zero-order valence-electron chi connectivity index (χ0n) is 13.4. The van der Waals surface area contributed by atoms with E-state index in [1.54, 1.807) is 18.2 Å². The zero-order chi connectivity index (χ0) is 16.3. The molecule has 0 bridgehead atoms. The van der Waals surface area contributed by atoms with Crippen molar-refractivity contribution in [3.05, 3.63) is 58.7 Å². The molecule has 2 rings (SSSR count). The molecule has 0 saturated heterocycles. The first kappa shape index (κ1) is 16.5. The van der Waals surface area contributed by atoms with Crippen molar-refractivity contribution in [2.24, 2.45) is 0 Å². The molecule has 0 aliphatic rings. The van der Waals surface area contributed by atoms with Gasteiger partial charge < -0.3 is 9.30 Å². The van der Waals surface area contributed by atoms with Gasteiger partial charge in [0.15, 0.2) is 7.80 Å². The molecule has 0 aliphatic carbocycles. The second kappa shape index (κ2) is 6.93. The lowest BCUT2D eigenvalue weighted by molar-refractivity contribution is 0.107. The van der Waals surface area contributed by atoms with Crippen LogP contribution in [-0.4, -0.2) is 12.1 Å². The molecule has 0 saturated carbocycles. The summed E-state index contributed by atoms with van der Waals surface area (Å²) < 4.78 is 18.3. The summed E-state index contributed by atoms with van der Waals surface area (Å²) in [6, 6.07) is 11.0. The Morgan fingerprint density at radius 2 is 1.68 bits per heavy atom. The topological polar surface area (TPSA) is 43.4 Å². The van der Waals surface area contributed by atoms with Crippen LogP contribution in [0.1, 0.15) is 34.0 Å². The van der Waals surface area contributed by atoms with Gasteiger partial charge in [-0.15, -0.1) is 0 Å². The molecule has 2 aromatic carbocycles. The molecule has 22 heavy (non-hydrogen) atoms. The number of carbonyl (C=O) groups excluding carboxylic acids is 1. The third-order valence-electron chi connectivity index (χ3n) is 3.54. The van der Waals surface area contributed by atoms with Crippen molar-refractivity contribution < 1.29 is 14.1 Å². The van der Waals surface area contributed by atoms with Gasteiger partial charge in [0.2, 0.25) is 5.52 Å². The Bertz CT molecular complexity index is 712. The van der Waals surface area contributed by atoms with Crippen LogP contribution in [-0.2, 0) is 4.57 Å². The van der Waals surface area contributed by atoms with E-state index in [0.717, 1.165) is 16.7 Å². The highest BCUT2D eigenvalue weighted by atomic mass is 31.1. The van der Waals surface area contributed by atoms with Gasteiger partial charge in [-0.05, 0) is 51.0 Å². The van der Waals surface area contributed by atoms with Gasteiger partial charge in [-0.25, -0.2) is 0 Å². The molecule has 0 aliphatic heterocycles. The second-order valence-corrected chi connectivity index (χ2v) is 7.01. The molecule has 1 unspecified atom stereocenters. The minimum atomic E-state index is -2.62. The molecule has 2 aromatic rings. The average molecular weight is 316 g/mol. The van der Waals surface area contributed by atoms with Crippen LogP contribution in [0.15, 0.2) is 36.4 Å². The van der Waals surface area contributed by atoms with Gasteiger partial charge in [0.1, 0.15) is 5.75 Å². The highest BCUT2D eigenvalue weighted by molar-refractivity contribution is 7.71. The Balaban J connectivity index is 2.45. The largest absolute Gasteiger partial charge is 0.493 e. The van der Waals surface area contributed by atoms with Gasteiger partial charge >= 0.3 is 0 Å². The van der Waals surface area contributed by atoms with Crippen molar-refractivity contribution in [3.8, 4) is 5.75 Å². The number of ether oxygens (including phenoxy) is 1. The van der Waals surface area contributed by atoms with E-state index in [1.165, 1.54) is 0 Å². The Kier molecular flexibility index (Phi) is 5.20. The van der Waals surface area contributed by atoms with Crippen LogP contribution < -0.4 is 10.0 Å². The summed E-state index contributed by atoms with van der Waals surface area (Å²) in [5.74, 6) is 0.532. The van der Waals surface area contributed by atoms with Crippen LogP contribution in [0.2, 0.25) is 0 Å². The summed E-state index contributed by atoms with van der Waals surface area (Å²) in [5.41, 5.74) is 3.11. The van der Waals surface area contributed by atoms with Crippen LogP contribution in [0.5, 0.6) is 5.75 Å². The quantitative estimate of drug-likeness (QED) is 0.782. The number of benzene rings is 2. The van der Waals surface area contributed by atoms with Gasteiger partial charge in [-0.3, -0.25) is 4.79 Å². The van der Waals surface area contributed by atoms with Gasteiger partial charge in [0.25, 0.3) is 0 Å². The number of para-hydroxylation sites is 1. The number of hydrogen-bond donors (Lipinski definition) is 0. The minimum Gasteiger partial charge on any atom is -0.493 e. The fourth-order valence-corrected chi connectivity index (χ4v) is 4.20. The lowest BCUT2D eigenvalue weighted by atomic mass is 10.0. The Morgan fingerprint density at radius 1 is 1.09 bits per heavy atom. The van der Waals surface area contributed by atoms with E-state index in [-0.39, 0.29) is 5.52 Å². The van der Waals surface area contributed by atoms with Gasteiger partial charge in [-0.1, -0.05) is 29.8 Å². The van der Waals surface area contributed by atoms with E-state index >= 15 is 0 Å². The Hall–Kier alpha value is -1.86. The average Bonchev–Trinajstić information content (AvgIpc) is 2.46. The molecule has 0 fully saturated rings. The van der Waals surface area contributed by atoms with Crippen molar-refractivity contribution in [2.45, 2.75) is 27.7 Å². The summed E-state index contributed by atoms with van der Waals surface area (Å²) in [4.78, 5) is 12.7. The van der Waals surface area contributed by atoms with Crippen LogP contribution in [0.4, 0.5) is 0 Å². The number of hydrogen-bond acceptors (Lipinski definition) is 3. The minimum absolute atomic E-state index is 0.299. The molecule has 0 radical (unpaired) electrons. The molecule has 0 heterocycles. The summed E-state index contributed by atoms with van der Waals surface area (Å²) >= 11 is 0. The van der Waals surface area contributed by atoms with Crippen molar-refractivity contribution in [3.63, 3.8) is 0 Å². The molecule has 116 valence electrons. The van der Waals surface area contributed by atoms with Gasteiger partial charge in [-0.2, -0.15) is 0 Å². The summed E-state index contributed by atoms with van der Waals surface area (Å²) in [6.45, 7) is 8.10. The fraction of sp³-hybridized carbons (Fsp3) is 0.278. The lowest BCUT2D eigenvalue weighted by Gasteiger charge is -2.12. The first-order valence-electron chi connectivity index (χ1n) is 7.34. The third kappa shape index (κ3) is 3.31. The van der Waals surface area contributed by atoms with E-state index in [2.05, 4.69) is 0 Å². The summed E-state index contributed by atoms with van der Waals surface area (Å²) in [7, 11) is -2.62. The third-order valence-corrected chi connectivity index (χ3v) is 5.11. The second-order valence-electron chi connectivity index (χ2n) is 5.36. The van der Waals surface area contributed by atoms with Crippen molar-refractivity contribution in [1.29, 1.82) is 0 Å². The van der Waals surface area contributed by atoms with E-state index in [9.17, 15) is 9.36 Å². The molecule has 0 aromatic heterocycles. The van der Waals surface area contributed by atoms with E-state index in [0.29, 0.717) is 23.2 Å². The van der Waals surface area contributed by atoms with Crippen molar-refractivity contribution in [2.75, 3.05) is 6.61 Å². The first-order valence-corrected chi connectivity index (χ1v) is 8.75. The van der Waals surface area contributed by atoms with Crippen LogP contribution in [0.3, 0.4) is 0 Å². The maximum Gasteiger partial charge on any atom is 0.223 e. The van der Waals surface area contributed by atoms with Crippen LogP contribution >= 0.6 is 7.80 Å². The maximum atomic E-state index is 12.8. The van der Waals surface area contributed by atoms with E-state index in [4.69, 9.17) is 4.74 Å². The van der Waals surface area contributed by atoms with Gasteiger partial charge in [0.05, 0.1) is 11.9 Å². The van der Waals surface area contributed by atoms with E-state index < -0.39 is 7.80 Å². The maximum absolute atomic E-state index is 12.8.